The van der Waals surface area contributed by atoms with Crippen molar-refractivity contribution in [3.05, 3.63) is 23.8 Å². The van der Waals surface area contributed by atoms with E-state index in [1.165, 1.54) is 44.1 Å². The largest absolute Gasteiger partial charge is 0.393 e. The smallest absolute Gasteiger partial charge is 0.0543 e. The van der Waals surface area contributed by atoms with E-state index in [1.54, 1.807) is 5.57 Å². The number of rotatable bonds is 1. The molecule has 0 bridgehead atoms. The van der Waals surface area contributed by atoms with E-state index >= 15 is 0 Å². The molecule has 0 spiro atoms. The summed E-state index contributed by atoms with van der Waals surface area (Å²) < 4.78 is 0. The highest BCUT2D eigenvalue weighted by molar-refractivity contribution is 5.30. The van der Waals surface area contributed by atoms with Crippen molar-refractivity contribution in [2.45, 2.75) is 92.1 Å². The van der Waals surface area contributed by atoms with Gasteiger partial charge in [0.2, 0.25) is 0 Å². The molecule has 3 fully saturated rings. The summed E-state index contributed by atoms with van der Waals surface area (Å²) in [6, 6.07) is 0. The van der Waals surface area contributed by atoms with E-state index in [9.17, 15) is 5.11 Å². The van der Waals surface area contributed by atoms with Gasteiger partial charge in [-0.25, -0.2) is 0 Å². The average molecular weight is 345 g/mol. The number of hydrogen-bond donors (Lipinski definition) is 1. The standard InChI is InChI=1S/C22H34O.C2H6/c1-14(2)18-7-8-19-17-6-5-15-13-16(23)9-11-21(15,3)20(17)10-12-22(18,19)4;1-2/h10,15-19,23H,1,5-9,11-13H2,2-4H3;1-2H3. The van der Waals surface area contributed by atoms with Crippen LogP contribution in [-0.4, -0.2) is 11.2 Å². The Morgan fingerprint density at radius 2 is 1.84 bits per heavy atom. The Morgan fingerprint density at radius 3 is 2.52 bits per heavy atom. The predicted octanol–water partition coefficient (Wildman–Crippen LogP) is 6.53. The molecule has 7 atom stereocenters. The van der Waals surface area contributed by atoms with Crippen molar-refractivity contribution < 1.29 is 5.11 Å². The molecule has 25 heavy (non-hydrogen) atoms. The van der Waals surface area contributed by atoms with E-state index in [1.807, 2.05) is 13.8 Å². The molecule has 3 saturated carbocycles. The molecule has 0 radical (unpaired) electrons. The molecule has 0 aromatic heterocycles. The molecule has 4 rings (SSSR count). The van der Waals surface area contributed by atoms with Crippen LogP contribution in [0.1, 0.15) is 86.0 Å². The minimum Gasteiger partial charge on any atom is -0.393 e. The van der Waals surface area contributed by atoms with Gasteiger partial charge >= 0.3 is 0 Å². The average Bonchev–Trinajstić information content (AvgIpc) is 2.95. The highest BCUT2D eigenvalue weighted by Gasteiger charge is 2.57. The van der Waals surface area contributed by atoms with Crippen LogP contribution in [0.4, 0.5) is 0 Å². The maximum absolute atomic E-state index is 10.1. The van der Waals surface area contributed by atoms with Crippen LogP contribution < -0.4 is 0 Å². The third-order valence-corrected chi connectivity index (χ3v) is 8.59. The zero-order chi connectivity index (χ0) is 18.4. The molecule has 142 valence electrons. The molecule has 0 aromatic rings. The van der Waals surface area contributed by atoms with Gasteiger partial charge < -0.3 is 5.11 Å². The van der Waals surface area contributed by atoms with Gasteiger partial charge in [-0.15, -0.1) is 0 Å². The molecular weight excluding hydrogens is 304 g/mol. The summed E-state index contributed by atoms with van der Waals surface area (Å²) >= 11 is 0. The molecule has 1 N–H and O–H groups in total. The molecule has 0 aromatic carbocycles. The highest BCUT2D eigenvalue weighted by atomic mass is 16.3. The van der Waals surface area contributed by atoms with Gasteiger partial charge in [-0.05, 0) is 92.8 Å². The minimum absolute atomic E-state index is 0.0432. The Kier molecular flexibility index (Phi) is 5.28. The van der Waals surface area contributed by atoms with Gasteiger partial charge in [0.1, 0.15) is 0 Å². The first-order valence-corrected chi connectivity index (χ1v) is 10.9. The first kappa shape index (κ1) is 19.2. The molecule has 1 nitrogen and oxygen atoms in total. The Labute approximate surface area is 156 Å². The third kappa shape index (κ3) is 2.85. The third-order valence-electron chi connectivity index (χ3n) is 8.59. The lowest BCUT2D eigenvalue weighted by Crippen LogP contribution is -2.48. The first-order chi connectivity index (χ1) is 11.9. The summed E-state index contributed by atoms with van der Waals surface area (Å²) in [5, 5.41) is 10.1. The molecule has 7 unspecified atom stereocenters. The number of allylic oxidation sites excluding steroid dienone is 3. The van der Waals surface area contributed by atoms with Gasteiger partial charge in [-0.2, -0.15) is 0 Å². The normalized spacial score (nSPS) is 48.2. The van der Waals surface area contributed by atoms with E-state index in [0.29, 0.717) is 10.8 Å². The molecule has 0 amide bonds. The lowest BCUT2D eigenvalue weighted by molar-refractivity contribution is -0.0104. The monoisotopic (exact) mass is 344 g/mol. The maximum Gasteiger partial charge on any atom is 0.0543 e. The Hall–Kier alpha value is -0.560. The number of aliphatic hydroxyl groups is 1. The number of hydrogen-bond acceptors (Lipinski definition) is 1. The molecule has 4 aliphatic rings. The van der Waals surface area contributed by atoms with Crippen molar-refractivity contribution in [2.75, 3.05) is 0 Å². The van der Waals surface area contributed by atoms with E-state index in [4.69, 9.17) is 0 Å². The number of fused-ring (bicyclic) bond motifs is 5. The van der Waals surface area contributed by atoms with Crippen LogP contribution in [-0.2, 0) is 0 Å². The molecular formula is C24H40O. The van der Waals surface area contributed by atoms with Crippen LogP contribution >= 0.6 is 0 Å². The van der Waals surface area contributed by atoms with Crippen molar-refractivity contribution in [2.24, 2.45) is 34.5 Å². The van der Waals surface area contributed by atoms with Crippen LogP contribution in [0.3, 0.4) is 0 Å². The Morgan fingerprint density at radius 1 is 1.12 bits per heavy atom. The zero-order valence-electron chi connectivity index (χ0n) is 17.3. The van der Waals surface area contributed by atoms with E-state index in [2.05, 4.69) is 33.4 Å². The SMILES string of the molecule is C=C(C)C1CCC2C3CCC4CC(O)CCC4(C)C3=CCC12C.CC. The summed E-state index contributed by atoms with van der Waals surface area (Å²) in [7, 11) is 0. The van der Waals surface area contributed by atoms with Gasteiger partial charge in [0.25, 0.3) is 0 Å². The van der Waals surface area contributed by atoms with Crippen LogP contribution in [0.25, 0.3) is 0 Å². The lowest BCUT2D eigenvalue weighted by atomic mass is 9.48. The van der Waals surface area contributed by atoms with Gasteiger partial charge in [-0.1, -0.05) is 51.5 Å². The van der Waals surface area contributed by atoms with Crippen molar-refractivity contribution in [3.8, 4) is 0 Å². The Balaban J connectivity index is 0.000000880. The summed E-state index contributed by atoms with van der Waals surface area (Å²) in [5.41, 5.74) is 4.04. The van der Waals surface area contributed by atoms with Crippen molar-refractivity contribution >= 4 is 0 Å². The lowest BCUT2D eigenvalue weighted by Gasteiger charge is -2.56. The summed E-state index contributed by atoms with van der Waals surface area (Å²) in [6.07, 6.45) is 12.6. The van der Waals surface area contributed by atoms with Crippen LogP contribution in [0.2, 0.25) is 0 Å². The fourth-order valence-electron chi connectivity index (χ4n) is 7.31. The predicted molar refractivity (Wildman–Crippen MR) is 107 cm³/mol. The topological polar surface area (TPSA) is 20.2 Å². The second-order valence-electron chi connectivity index (χ2n) is 9.68. The second-order valence-corrected chi connectivity index (χ2v) is 9.68. The number of aliphatic hydroxyl groups excluding tert-OH is 1. The fraction of sp³-hybridized carbons (Fsp3) is 0.833. The summed E-state index contributed by atoms with van der Waals surface area (Å²) in [5.74, 6) is 3.13. The maximum atomic E-state index is 10.1. The molecule has 0 saturated heterocycles. The summed E-state index contributed by atoms with van der Waals surface area (Å²) in [4.78, 5) is 0. The van der Waals surface area contributed by atoms with E-state index < -0.39 is 0 Å². The van der Waals surface area contributed by atoms with E-state index in [0.717, 1.165) is 36.5 Å². The summed E-state index contributed by atoms with van der Waals surface area (Å²) in [6.45, 7) is 15.6. The second kappa shape index (κ2) is 6.87. The van der Waals surface area contributed by atoms with Gasteiger partial charge in [0.05, 0.1) is 6.10 Å². The van der Waals surface area contributed by atoms with Crippen molar-refractivity contribution in [1.29, 1.82) is 0 Å². The molecule has 0 aliphatic heterocycles. The zero-order valence-corrected chi connectivity index (χ0v) is 17.3. The minimum atomic E-state index is -0.0432. The quantitative estimate of drug-likeness (QED) is 0.536. The Bertz CT molecular complexity index is 546. The first-order valence-electron chi connectivity index (χ1n) is 10.9. The van der Waals surface area contributed by atoms with Crippen LogP contribution in [0.15, 0.2) is 23.8 Å². The van der Waals surface area contributed by atoms with Crippen LogP contribution in [0, 0.1) is 34.5 Å². The van der Waals surface area contributed by atoms with Crippen molar-refractivity contribution in [1.82, 2.24) is 0 Å². The molecule has 1 heteroatoms. The van der Waals surface area contributed by atoms with Gasteiger partial charge in [-0.3, -0.25) is 0 Å². The fourth-order valence-corrected chi connectivity index (χ4v) is 7.31. The van der Waals surface area contributed by atoms with E-state index in [-0.39, 0.29) is 6.10 Å². The molecule has 4 aliphatic carbocycles. The van der Waals surface area contributed by atoms with Crippen molar-refractivity contribution in [3.63, 3.8) is 0 Å². The highest BCUT2D eigenvalue weighted by Crippen LogP contribution is 2.66. The molecule has 0 heterocycles. The van der Waals surface area contributed by atoms with Gasteiger partial charge in [0.15, 0.2) is 0 Å². The van der Waals surface area contributed by atoms with Crippen LogP contribution in [0.5, 0.6) is 0 Å². The van der Waals surface area contributed by atoms with Gasteiger partial charge in [0, 0.05) is 0 Å².